The molecule has 1 atom stereocenters. The molecule has 0 saturated carbocycles. The van der Waals surface area contributed by atoms with E-state index in [9.17, 15) is 18.0 Å². The van der Waals surface area contributed by atoms with Crippen molar-refractivity contribution in [2.24, 2.45) is 0 Å². The Kier molecular flexibility index (Phi) is 7.20. The van der Waals surface area contributed by atoms with E-state index in [1.807, 2.05) is 32.0 Å². The van der Waals surface area contributed by atoms with Crippen LogP contribution in [-0.4, -0.2) is 95.6 Å². The second kappa shape index (κ2) is 9.46. The number of carbonyl (C=O) groups excluding carboxylic acids is 2. The van der Waals surface area contributed by atoms with Crippen molar-refractivity contribution in [3.05, 3.63) is 35.9 Å². The number of benzene rings is 1. The Bertz CT molecular complexity index is 822. The molecule has 3 rings (SSSR count). The Labute approximate surface area is 177 Å². The monoisotopic (exact) mass is 440 g/mol. The molecule has 0 radical (unpaired) electrons. The molecule has 1 aromatic rings. The first-order chi connectivity index (χ1) is 13.9. The zero-order valence-electron chi connectivity index (χ0n) is 16.9. The van der Waals surface area contributed by atoms with Crippen LogP contribution in [0.2, 0.25) is 0 Å². The average Bonchev–Trinajstić information content (AvgIpc) is 3.24. The van der Waals surface area contributed by atoms with Gasteiger partial charge in [0.25, 0.3) is 16.1 Å². The van der Waals surface area contributed by atoms with E-state index >= 15 is 0 Å². The maximum atomic E-state index is 13.1. The molecule has 2 aliphatic rings. The van der Waals surface area contributed by atoms with Crippen LogP contribution in [0.25, 0.3) is 0 Å². The van der Waals surface area contributed by atoms with Crippen molar-refractivity contribution >= 4 is 33.8 Å². The van der Waals surface area contributed by atoms with Gasteiger partial charge in [-0.25, -0.2) is 0 Å². The molecule has 1 aromatic carbocycles. The molecule has 2 heterocycles. The number of amides is 2. The Hall–Kier alpha value is -1.62. The first kappa shape index (κ1) is 22.1. The molecule has 8 nitrogen and oxygen atoms in total. The lowest BCUT2D eigenvalue weighted by molar-refractivity contribution is -0.136. The summed E-state index contributed by atoms with van der Waals surface area (Å²) in [6, 6.07) is 8.47. The van der Waals surface area contributed by atoms with Crippen LogP contribution >= 0.6 is 11.8 Å². The Balaban J connectivity index is 1.64. The van der Waals surface area contributed by atoms with E-state index in [0.717, 1.165) is 0 Å². The maximum absolute atomic E-state index is 13.1. The SMILES string of the molecule is CCN(CC)S(=O)(=O)N1CCN(C(=O)[C@@H]2CSCN2C(=O)c2ccccc2)CC1. The largest absolute Gasteiger partial charge is 0.338 e. The van der Waals surface area contributed by atoms with Crippen LogP contribution in [0.15, 0.2) is 30.3 Å². The highest BCUT2D eigenvalue weighted by Gasteiger charge is 2.39. The zero-order valence-corrected chi connectivity index (χ0v) is 18.5. The Morgan fingerprint density at radius 3 is 2.28 bits per heavy atom. The molecule has 2 saturated heterocycles. The molecule has 2 fully saturated rings. The van der Waals surface area contributed by atoms with Crippen molar-refractivity contribution in [2.45, 2.75) is 19.9 Å². The lowest BCUT2D eigenvalue weighted by atomic mass is 10.1. The molecule has 29 heavy (non-hydrogen) atoms. The number of carbonyl (C=O) groups is 2. The summed E-state index contributed by atoms with van der Waals surface area (Å²) in [4.78, 5) is 29.2. The van der Waals surface area contributed by atoms with Crippen LogP contribution in [0.5, 0.6) is 0 Å². The number of thioether (sulfide) groups is 1. The van der Waals surface area contributed by atoms with Gasteiger partial charge in [-0.05, 0) is 12.1 Å². The molecule has 0 spiro atoms. The molecular formula is C19H28N4O4S2. The first-order valence-electron chi connectivity index (χ1n) is 9.87. The highest BCUT2D eigenvalue weighted by atomic mass is 32.2. The zero-order chi connectivity index (χ0) is 21.0. The smallest absolute Gasteiger partial charge is 0.282 e. The molecule has 10 heteroatoms. The van der Waals surface area contributed by atoms with Gasteiger partial charge in [0.1, 0.15) is 6.04 Å². The molecule has 2 amide bonds. The fraction of sp³-hybridized carbons (Fsp3) is 0.579. The van der Waals surface area contributed by atoms with Gasteiger partial charge in [0.05, 0.1) is 5.88 Å². The van der Waals surface area contributed by atoms with Gasteiger partial charge in [-0.1, -0.05) is 32.0 Å². The van der Waals surface area contributed by atoms with E-state index in [1.54, 1.807) is 33.7 Å². The third-order valence-corrected chi connectivity index (χ3v) is 8.56. The standard InChI is InChI=1S/C19H28N4O4S2/c1-3-21(4-2)29(26,27)22-12-10-20(11-13-22)19(25)17-14-28-15-23(17)18(24)16-8-6-5-7-9-16/h5-9,17H,3-4,10-15H2,1-2H3/t17-/m0/s1. The summed E-state index contributed by atoms with van der Waals surface area (Å²) in [5.74, 6) is 0.811. The summed E-state index contributed by atoms with van der Waals surface area (Å²) >= 11 is 1.56. The van der Waals surface area contributed by atoms with Gasteiger partial charge >= 0.3 is 0 Å². The number of piperazine rings is 1. The second-order valence-electron chi connectivity index (χ2n) is 6.97. The van der Waals surface area contributed by atoms with Gasteiger partial charge < -0.3 is 9.80 Å². The summed E-state index contributed by atoms with van der Waals surface area (Å²) in [6.45, 7) is 5.71. The molecular weight excluding hydrogens is 412 g/mol. The van der Waals surface area contributed by atoms with Crippen LogP contribution in [0.3, 0.4) is 0 Å². The van der Waals surface area contributed by atoms with Gasteiger partial charge in [0.15, 0.2) is 0 Å². The van der Waals surface area contributed by atoms with Crippen molar-refractivity contribution in [1.82, 2.24) is 18.4 Å². The summed E-state index contributed by atoms with van der Waals surface area (Å²) in [5, 5.41) is 0. The minimum atomic E-state index is -3.49. The van der Waals surface area contributed by atoms with Crippen molar-refractivity contribution < 1.29 is 18.0 Å². The molecule has 0 bridgehead atoms. The van der Waals surface area contributed by atoms with E-state index in [2.05, 4.69) is 0 Å². The van der Waals surface area contributed by atoms with E-state index in [4.69, 9.17) is 0 Å². The van der Waals surface area contributed by atoms with E-state index in [1.165, 1.54) is 8.61 Å². The third kappa shape index (κ3) is 4.60. The van der Waals surface area contributed by atoms with Crippen LogP contribution in [-0.2, 0) is 15.0 Å². The van der Waals surface area contributed by atoms with E-state index in [-0.39, 0.29) is 24.9 Å². The Morgan fingerprint density at radius 1 is 1.07 bits per heavy atom. The summed E-state index contributed by atoms with van der Waals surface area (Å²) in [7, 11) is -3.49. The minimum absolute atomic E-state index is 0.0980. The van der Waals surface area contributed by atoms with Crippen molar-refractivity contribution in [2.75, 3.05) is 50.9 Å². The van der Waals surface area contributed by atoms with Gasteiger partial charge in [-0.3, -0.25) is 9.59 Å². The fourth-order valence-electron chi connectivity index (χ4n) is 3.66. The molecule has 0 N–H and O–H groups in total. The average molecular weight is 441 g/mol. The van der Waals surface area contributed by atoms with Crippen molar-refractivity contribution in [1.29, 1.82) is 0 Å². The van der Waals surface area contributed by atoms with Crippen LogP contribution in [0.4, 0.5) is 0 Å². The van der Waals surface area contributed by atoms with Crippen LogP contribution in [0.1, 0.15) is 24.2 Å². The van der Waals surface area contributed by atoms with Gasteiger partial charge in [0.2, 0.25) is 5.91 Å². The number of rotatable bonds is 6. The Morgan fingerprint density at radius 2 is 1.69 bits per heavy atom. The lowest BCUT2D eigenvalue weighted by Crippen LogP contribution is -2.57. The topological polar surface area (TPSA) is 81.2 Å². The second-order valence-corrected chi connectivity index (χ2v) is 9.90. The minimum Gasteiger partial charge on any atom is -0.338 e. The number of hydrogen-bond donors (Lipinski definition) is 0. The third-order valence-electron chi connectivity index (χ3n) is 5.36. The van der Waals surface area contributed by atoms with Gasteiger partial charge in [-0.2, -0.15) is 17.0 Å². The number of nitrogens with zero attached hydrogens (tertiary/aromatic N) is 4. The summed E-state index contributed by atoms with van der Waals surface area (Å²) in [5.41, 5.74) is 0.572. The van der Waals surface area contributed by atoms with Crippen molar-refractivity contribution in [3.63, 3.8) is 0 Å². The normalized spacial score (nSPS) is 21.0. The molecule has 0 aromatic heterocycles. The van der Waals surface area contributed by atoms with Crippen LogP contribution in [0, 0.1) is 0 Å². The maximum Gasteiger partial charge on any atom is 0.282 e. The predicted octanol–water partition coefficient (Wildman–Crippen LogP) is 0.933. The summed E-state index contributed by atoms with van der Waals surface area (Å²) < 4.78 is 28.2. The van der Waals surface area contributed by atoms with Crippen LogP contribution < -0.4 is 0 Å². The molecule has 2 aliphatic heterocycles. The predicted molar refractivity (Wildman–Crippen MR) is 114 cm³/mol. The highest BCUT2D eigenvalue weighted by molar-refractivity contribution is 7.99. The summed E-state index contributed by atoms with van der Waals surface area (Å²) in [6.07, 6.45) is 0. The first-order valence-corrected chi connectivity index (χ1v) is 12.4. The van der Waals surface area contributed by atoms with Gasteiger partial charge in [0, 0.05) is 50.6 Å². The highest BCUT2D eigenvalue weighted by Crippen LogP contribution is 2.25. The fourth-order valence-corrected chi connectivity index (χ4v) is 6.41. The molecule has 0 unspecified atom stereocenters. The number of hydrogen-bond acceptors (Lipinski definition) is 5. The van der Waals surface area contributed by atoms with Crippen molar-refractivity contribution in [3.8, 4) is 0 Å². The van der Waals surface area contributed by atoms with E-state index in [0.29, 0.717) is 43.4 Å². The van der Waals surface area contributed by atoms with Gasteiger partial charge in [-0.15, -0.1) is 11.8 Å². The molecule has 0 aliphatic carbocycles. The van der Waals surface area contributed by atoms with E-state index < -0.39 is 16.3 Å². The quantitative estimate of drug-likeness (QED) is 0.658. The molecule has 160 valence electrons. The lowest BCUT2D eigenvalue weighted by Gasteiger charge is -2.38.